The van der Waals surface area contributed by atoms with Gasteiger partial charge in [-0.05, 0) is 12.1 Å². The molecule has 0 amide bonds. The molecule has 2 nitrogen and oxygen atoms in total. The molecule has 1 aromatic rings. The van der Waals surface area contributed by atoms with E-state index in [4.69, 9.17) is 5.11 Å². The van der Waals surface area contributed by atoms with Crippen molar-refractivity contribution in [1.82, 2.24) is 0 Å². The molecule has 0 fully saturated rings. The quantitative estimate of drug-likeness (QED) is 0.521. The Hall–Kier alpha value is -0.816. The van der Waals surface area contributed by atoms with Crippen LogP contribution in [0.5, 0.6) is 5.75 Å². The topological polar surface area (TPSA) is 37.3 Å². The Kier molecular flexibility index (Phi) is 3.74. The smallest absolute Gasteiger partial charge is 0.153 e. The second-order valence-electron chi connectivity index (χ2n) is 1.68. The fourth-order valence-electron chi connectivity index (χ4n) is 0.587. The zero-order chi connectivity index (χ0) is 6.69. The van der Waals surface area contributed by atoms with Crippen LogP contribution >= 0.6 is 0 Å². The van der Waals surface area contributed by atoms with Crippen LogP contribution in [0.2, 0.25) is 0 Å². The molecule has 10 heavy (non-hydrogen) atoms. The molecular weight excluding hydrogens is 175 g/mol. The van der Waals surface area contributed by atoms with E-state index in [-0.39, 0.29) is 22.2 Å². The monoisotopic (exact) mass is 180 g/mol. The molecular formula is C7H6NiO2. The predicted octanol–water partition coefficient (Wildman–Crippen LogP) is 1.20. The van der Waals surface area contributed by atoms with Crippen molar-refractivity contribution in [1.29, 1.82) is 0 Å². The maximum Gasteiger partial charge on any atom is 0.153 e. The number of aromatic hydroxyl groups is 1. The first kappa shape index (κ1) is 9.18. The van der Waals surface area contributed by atoms with Gasteiger partial charge in [-0.15, -0.1) is 0 Å². The Balaban J connectivity index is 0.000000810. The van der Waals surface area contributed by atoms with Gasteiger partial charge in [0.05, 0.1) is 5.56 Å². The van der Waals surface area contributed by atoms with Crippen molar-refractivity contribution < 1.29 is 26.4 Å². The largest absolute Gasteiger partial charge is 0.507 e. The van der Waals surface area contributed by atoms with E-state index in [1.165, 1.54) is 6.07 Å². The van der Waals surface area contributed by atoms with Gasteiger partial charge in [-0.3, -0.25) is 4.79 Å². The van der Waals surface area contributed by atoms with Crippen molar-refractivity contribution in [3.05, 3.63) is 29.8 Å². The Morgan fingerprint density at radius 2 is 1.90 bits per heavy atom. The van der Waals surface area contributed by atoms with Gasteiger partial charge in [-0.2, -0.15) is 0 Å². The first-order valence-corrected chi connectivity index (χ1v) is 2.58. The van der Waals surface area contributed by atoms with Gasteiger partial charge in [-0.1, -0.05) is 12.1 Å². The molecule has 56 valence electrons. The number of hydrogen-bond acceptors (Lipinski definition) is 2. The van der Waals surface area contributed by atoms with Crippen molar-refractivity contribution >= 4 is 6.29 Å². The minimum Gasteiger partial charge on any atom is -0.507 e. The van der Waals surface area contributed by atoms with Crippen LogP contribution in [0.4, 0.5) is 0 Å². The molecule has 0 aliphatic rings. The van der Waals surface area contributed by atoms with Crippen LogP contribution in [0.15, 0.2) is 24.3 Å². The summed E-state index contributed by atoms with van der Waals surface area (Å²) in [6.07, 6.45) is 0.620. The van der Waals surface area contributed by atoms with Crippen molar-refractivity contribution in [3.8, 4) is 5.75 Å². The molecule has 0 bridgehead atoms. The molecule has 0 radical (unpaired) electrons. The molecule has 0 atom stereocenters. The van der Waals surface area contributed by atoms with E-state index in [1.54, 1.807) is 18.2 Å². The van der Waals surface area contributed by atoms with E-state index in [1.807, 2.05) is 0 Å². The molecule has 0 saturated carbocycles. The first-order valence-electron chi connectivity index (χ1n) is 2.58. The number of hydrogen-bond donors (Lipinski definition) is 1. The predicted molar refractivity (Wildman–Crippen MR) is 33.5 cm³/mol. The van der Waals surface area contributed by atoms with Crippen LogP contribution in [0, 0.1) is 0 Å². The van der Waals surface area contributed by atoms with E-state index in [0.29, 0.717) is 11.8 Å². The maximum atomic E-state index is 10.1. The first-order chi connectivity index (χ1) is 4.34. The van der Waals surface area contributed by atoms with E-state index >= 15 is 0 Å². The van der Waals surface area contributed by atoms with Crippen molar-refractivity contribution in [2.24, 2.45) is 0 Å². The Labute approximate surface area is 68.8 Å². The number of phenolic OH excluding ortho intramolecular Hbond substituents is 1. The van der Waals surface area contributed by atoms with Gasteiger partial charge in [0.25, 0.3) is 0 Å². The molecule has 0 aliphatic carbocycles. The van der Waals surface area contributed by atoms with Crippen LogP contribution in [-0.4, -0.2) is 11.4 Å². The summed E-state index contributed by atoms with van der Waals surface area (Å²) in [5.41, 5.74) is 0.331. The fraction of sp³-hybridized carbons (Fsp3) is 0. The summed E-state index contributed by atoms with van der Waals surface area (Å²) in [4.78, 5) is 10.1. The molecule has 1 aromatic carbocycles. The van der Waals surface area contributed by atoms with Gasteiger partial charge in [0.15, 0.2) is 6.29 Å². The second-order valence-corrected chi connectivity index (χ2v) is 1.68. The third kappa shape index (κ3) is 1.85. The second kappa shape index (κ2) is 4.07. The van der Waals surface area contributed by atoms with E-state index in [0.717, 1.165) is 0 Å². The summed E-state index contributed by atoms with van der Waals surface area (Å²) in [6.45, 7) is 0. The number of carbonyl (C=O) groups is 1. The van der Waals surface area contributed by atoms with E-state index in [9.17, 15) is 4.79 Å². The van der Waals surface area contributed by atoms with E-state index in [2.05, 4.69) is 0 Å². The van der Waals surface area contributed by atoms with Gasteiger partial charge in [0.1, 0.15) is 5.75 Å². The molecule has 1 rings (SSSR count). The maximum absolute atomic E-state index is 10.1. The number of carbonyl (C=O) groups excluding carboxylic acids is 1. The van der Waals surface area contributed by atoms with Crippen LogP contribution < -0.4 is 0 Å². The Morgan fingerprint density at radius 1 is 1.30 bits per heavy atom. The summed E-state index contributed by atoms with van der Waals surface area (Å²) >= 11 is 0. The average Bonchev–Trinajstić information content (AvgIpc) is 1.89. The SMILES string of the molecule is O=Cc1ccccc1O.[Ni]. The summed E-state index contributed by atoms with van der Waals surface area (Å²) in [5, 5.41) is 8.88. The number of aldehydes is 1. The summed E-state index contributed by atoms with van der Waals surface area (Å²) in [5.74, 6) is 0.0347. The van der Waals surface area contributed by atoms with Crippen LogP contribution in [-0.2, 0) is 16.5 Å². The molecule has 0 unspecified atom stereocenters. The van der Waals surface area contributed by atoms with Gasteiger partial charge in [0, 0.05) is 16.5 Å². The third-order valence-corrected chi connectivity index (χ3v) is 1.06. The van der Waals surface area contributed by atoms with Gasteiger partial charge in [0.2, 0.25) is 0 Å². The number of para-hydroxylation sites is 1. The zero-order valence-corrected chi connectivity index (χ0v) is 6.05. The van der Waals surface area contributed by atoms with Crippen molar-refractivity contribution in [2.75, 3.05) is 0 Å². The Morgan fingerprint density at radius 3 is 2.30 bits per heavy atom. The third-order valence-electron chi connectivity index (χ3n) is 1.06. The number of benzene rings is 1. The molecule has 0 spiro atoms. The standard InChI is InChI=1S/C7H6O2.Ni/c8-5-6-3-1-2-4-7(6)9;/h1-5,9H;. The molecule has 3 heteroatoms. The van der Waals surface area contributed by atoms with E-state index < -0.39 is 0 Å². The van der Waals surface area contributed by atoms with Gasteiger partial charge < -0.3 is 5.11 Å². The fourth-order valence-corrected chi connectivity index (χ4v) is 0.587. The molecule has 0 aliphatic heterocycles. The van der Waals surface area contributed by atoms with Gasteiger partial charge in [-0.25, -0.2) is 0 Å². The molecule has 0 saturated heterocycles. The number of rotatable bonds is 1. The molecule has 0 aromatic heterocycles. The summed E-state index contributed by atoms with van der Waals surface area (Å²) in [7, 11) is 0. The summed E-state index contributed by atoms with van der Waals surface area (Å²) in [6, 6.07) is 6.40. The van der Waals surface area contributed by atoms with Crippen LogP contribution in [0.1, 0.15) is 10.4 Å². The van der Waals surface area contributed by atoms with Crippen LogP contribution in [0.3, 0.4) is 0 Å². The summed E-state index contributed by atoms with van der Waals surface area (Å²) < 4.78 is 0. The average molecular weight is 181 g/mol. The van der Waals surface area contributed by atoms with Crippen molar-refractivity contribution in [3.63, 3.8) is 0 Å². The Bertz CT molecular complexity index is 223. The molecule has 0 heterocycles. The van der Waals surface area contributed by atoms with Crippen LogP contribution in [0.25, 0.3) is 0 Å². The minimum absolute atomic E-state index is 0. The zero-order valence-electron chi connectivity index (χ0n) is 5.06. The van der Waals surface area contributed by atoms with Crippen molar-refractivity contribution in [2.45, 2.75) is 0 Å². The normalized spacial score (nSPS) is 8.00. The molecule has 1 N–H and O–H groups in total. The van der Waals surface area contributed by atoms with Gasteiger partial charge >= 0.3 is 0 Å². The number of phenols is 1. The minimum atomic E-state index is 0.